The molecule has 0 amide bonds. The van der Waals surface area contributed by atoms with E-state index in [2.05, 4.69) is 40.3 Å². The van der Waals surface area contributed by atoms with Gasteiger partial charge in [0, 0.05) is 10.9 Å². The Balaban J connectivity index is 2.07. The SMILES string of the molecule is CCNC(c1ccc(Br)s1)C1CCCCCCC1. The Morgan fingerprint density at radius 2 is 1.89 bits per heavy atom. The van der Waals surface area contributed by atoms with E-state index in [4.69, 9.17) is 0 Å². The van der Waals surface area contributed by atoms with Gasteiger partial charge in [0.2, 0.25) is 0 Å². The predicted molar refractivity (Wildman–Crippen MR) is 84.2 cm³/mol. The summed E-state index contributed by atoms with van der Waals surface area (Å²) in [6.07, 6.45) is 9.94. The van der Waals surface area contributed by atoms with Gasteiger partial charge in [0.25, 0.3) is 0 Å². The molecule has 102 valence electrons. The molecule has 0 aromatic carbocycles. The van der Waals surface area contributed by atoms with Crippen LogP contribution in [0.1, 0.15) is 62.8 Å². The van der Waals surface area contributed by atoms with Gasteiger partial charge in [0.1, 0.15) is 0 Å². The number of thiophene rings is 1. The molecule has 1 aliphatic rings. The van der Waals surface area contributed by atoms with E-state index in [1.54, 1.807) is 0 Å². The van der Waals surface area contributed by atoms with Gasteiger partial charge in [-0.05, 0) is 53.4 Å². The Morgan fingerprint density at radius 1 is 1.22 bits per heavy atom. The number of hydrogen-bond donors (Lipinski definition) is 1. The van der Waals surface area contributed by atoms with Crippen molar-refractivity contribution < 1.29 is 0 Å². The molecule has 0 aliphatic heterocycles. The van der Waals surface area contributed by atoms with Gasteiger partial charge >= 0.3 is 0 Å². The van der Waals surface area contributed by atoms with Gasteiger partial charge in [-0.25, -0.2) is 0 Å². The van der Waals surface area contributed by atoms with Crippen molar-refractivity contribution in [2.45, 2.75) is 57.9 Å². The van der Waals surface area contributed by atoms with E-state index in [0.29, 0.717) is 6.04 Å². The maximum absolute atomic E-state index is 3.72. The molecule has 1 nitrogen and oxygen atoms in total. The van der Waals surface area contributed by atoms with Crippen LogP contribution in [0, 0.1) is 5.92 Å². The molecule has 18 heavy (non-hydrogen) atoms. The zero-order chi connectivity index (χ0) is 12.8. The Labute approximate surface area is 123 Å². The summed E-state index contributed by atoms with van der Waals surface area (Å²) in [7, 11) is 0. The molecule has 1 aromatic rings. The van der Waals surface area contributed by atoms with Gasteiger partial charge in [-0.3, -0.25) is 0 Å². The van der Waals surface area contributed by atoms with Crippen molar-refractivity contribution in [3.8, 4) is 0 Å². The van der Waals surface area contributed by atoms with Crippen LogP contribution >= 0.6 is 27.3 Å². The maximum atomic E-state index is 3.72. The number of nitrogens with one attached hydrogen (secondary N) is 1. The Kier molecular flexibility index (Phi) is 6.19. The van der Waals surface area contributed by atoms with E-state index in [1.165, 1.54) is 53.6 Å². The molecule has 1 N–H and O–H groups in total. The lowest BCUT2D eigenvalue weighted by atomic mass is 9.85. The van der Waals surface area contributed by atoms with Gasteiger partial charge in [-0.1, -0.05) is 39.0 Å². The summed E-state index contributed by atoms with van der Waals surface area (Å²) in [5.41, 5.74) is 0. The average Bonchev–Trinajstić information content (AvgIpc) is 2.73. The van der Waals surface area contributed by atoms with Crippen LogP contribution in [0.2, 0.25) is 0 Å². The van der Waals surface area contributed by atoms with Crippen LogP contribution in [0.3, 0.4) is 0 Å². The standard InChI is InChI=1S/C15H24BrNS/c1-2-17-15(13-10-11-14(16)18-13)12-8-6-4-3-5-7-9-12/h10-12,15,17H,2-9H2,1H3. The molecule has 1 saturated carbocycles. The summed E-state index contributed by atoms with van der Waals surface area (Å²) in [6, 6.07) is 5.05. The molecule has 1 fully saturated rings. The van der Waals surface area contributed by atoms with Crippen LogP contribution in [0.5, 0.6) is 0 Å². The summed E-state index contributed by atoms with van der Waals surface area (Å²) in [6.45, 7) is 3.29. The molecule has 0 radical (unpaired) electrons. The number of halogens is 1. The number of rotatable bonds is 4. The fourth-order valence-electron chi connectivity index (χ4n) is 3.04. The van der Waals surface area contributed by atoms with Gasteiger partial charge in [-0.2, -0.15) is 0 Å². The largest absolute Gasteiger partial charge is 0.309 e. The quantitative estimate of drug-likeness (QED) is 0.766. The Bertz CT molecular complexity index is 342. The molecule has 1 aromatic heterocycles. The molecular formula is C15H24BrNS. The maximum Gasteiger partial charge on any atom is 0.0701 e. The smallest absolute Gasteiger partial charge is 0.0701 e. The van der Waals surface area contributed by atoms with Crippen LogP contribution < -0.4 is 5.32 Å². The highest BCUT2D eigenvalue weighted by atomic mass is 79.9. The van der Waals surface area contributed by atoms with E-state index in [9.17, 15) is 0 Å². The average molecular weight is 330 g/mol. The van der Waals surface area contributed by atoms with Gasteiger partial charge < -0.3 is 5.32 Å². The molecule has 0 saturated heterocycles. The topological polar surface area (TPSA) is 12.0 Å². The highest BCUT2D eigenvalue weighted by Gasteiger charge is 2.24. The van der Waals surface area contributed by atoms with Crippen molar-refractivity contribution in [2.24, 2.45) is 5.92 Å². The fourth-order valence-corrected chi connectivity index (χ4v) is 4.63. The van der Waals surface area contributed by atoms with Crippen molar-refractivity contribution in [3.63, 3.8) is 0 Å². The summed E-state index contributed by atoms with van der Waals surface area (Å²) in [4.78, 5) is 1.51. The summed E-state index contributed by atoms with van der Waals surface area (Å²) < 4.78 is 1.26. The lowest BCUT2D eigenvalue weighted by molar-refractivity contribution is 0.294. The van der Waals surface area contributed by atoms with Gasteiger partial charge in [-0.15, -0.1) is 11.3 Å². The monoisotopic (exact) mass is 329 g/mol. The summed E-state index contributed by atoms with van der Waals surface area (Å²) in [5.74, 6) is 0.829. The van der Waals surface area contributed by atoms with Crippen LogP contribution in [0.15, 0.2) is 15.9 Å². The van der Waals surface area contributed by atoms with Crippen molar-refractivity contribution in [1.29, 1.82) is 0 Å². The summed E-state index contributed by atoms with van der Waals surface area (Å²) >= 11 is 5.49. The molecular weight excluding hydrogens is 306 g/mol. The molecule has 1 heterocycles. The summed E-state index contributed by atoms with van der Waals surface area (Å²) in [5, 5.41) is 3.72. The Morgan fingerprint density at radius 3 is 2.44 bits per heavy atom. The third-order valence-corrected chi connectivity index (χ3v) is 5.65. The van der Waals surface area contributed by atoms with Crippen molar-refractivity contribution >= 4 is 27.3 Å². The van der Waals surface area contributed by atoms with Crippen molar-refractivity contribution in [1.82, 2.24) is 5.32 Å². The zero-order valence-electron chi connectivity index (χ0n) is 11.3. The van der Waals surface area contributed by atoms with Crippen LogP contribution in [-0.4, -0.2) is 6.54 Å². The predicted octanol–water partition coefficient (Wildman–Crippen LogP) is 5.52. The third kappa shape index (κ3) is 4.07. The molecule has 3 heteroatoms. The first-order valence-electron chi connectivity index (χ1n) is 7.30. The van der Waals surface area contributed by atoms with Gasteiger partial charge in [0.15, 0.2) is 0 Å². The van der Waals surface area contributed by atoms with Crippen molar-refractivity contribution in [3.05, 3.63) is 20.8 Å². The fraction of sp³-hybridized carbons (Fsp3) is 0.733. The van der Waals surface area contributed by atoms with E-state index < -0.39 is 0 Å². The zero-order valence-corrected chi connectivity index (χ0v) is 13.7. The highest BCUT2D eigenvalue weighted by molar-refractivity contribution is 9.11. The first-order chi connectivity index (χ1) is 8.81. The van der Waals surface area contributed by atoms with Crippen LogP contribution in [0.4, 0.5) is 0 Å². The Hall–Kier alpha value is 0.140. The molecule has 0 spiro atoms. The minimum atomic E-state index is 0.574. The molecule has 0 bridgehead atoms. The van der Waals surface area contributed by atoms with E-state index >= 15 is 0 Å². The molecule has 1 unspecified atom stereocenters. The van der Waals surface area contributed by atoms with Crippen LogP contribution in [-0.2, 0) is 0 Å². The normalized spacial score (nSPS) is 20.3. The second-order valence-corrected chi connectivity index (χ2v) is 7.78. The first-order valence-corrected chi connectivity index (χ1v) is 8.91. The van der Waals surface area contributed by atoms with E-state index in [1.807, 2.05) is 11.3 Å². The van der Waals surface area contributed by atoms with Gasteiger partial charge in [0.05, 0.1) is 3.79 Å². The number of hydrogen-bond acceptors (Lipinski definition) is 2. The third-order valence-electron chi connectivity index (χ3n) is 3.95. The lowest BCUT2D eigenvalue weighted by Crippen LogP contribution is -2.28. The molecule has 1 aliphatic carbocycles. The first kappa shape index (κ1) is 14.5. The lowest BCUT2D eigenvalue weighted by Gasteiger charge is -2.28. The highest BCUT2D eigenvalue weighted by Crippen LogP contribution is 2.37. The molecule has 1 atom stereocenters. The van der Waals surface area contributed by atoms with E-state index in [-0.39, 0.29) is 0 Å². The minimum absolute atomic E-state index is 0.574. The minimum Gasteiger partial charge on any atom is -0.309 e. The second kappa shape index (κ2) is 7.66. The second-order valence-electron chi connectivity index (χ2n) is 5.28. The van der Waals surface area contributed by atoms with Crippen LogP contribution in [0.25, 0.3) is 0 Å². The molecule has 2 rings (SSSR count). The van der Waals surface area contributed by atoms with Crippen molar-refractivity contribution in [2.75, 3.05) is 6.54 Å². The van der Waals surface area contributed by atoms with E-state index in [0.717, 1.165) is 12.5 Å².